The Bertz CT molecular complexity index is 446. The smallest absolute Gasteiger partial charge is 0.190 e. The Labute approximate surface area is 112 Å². The second-order valence-electron chi connectivity index (χ2n) is 4.71. The van der Waals surface area contributed by atoms with Crippen molar-refractivity contribution in [3.8, 4) is 0 Å². The van der Waals surface area contributed by atoms with Crippen molar-refractivity contribution in [1.82, 2.24) is 4.98 Å². The summed E-state index contributed by atoms with van der Waals surface area (Å²) in [6.07, 6.45) is 5.81. The Hall–Kier alpha value is -1.82. The standard InChI is InChI=1S/C13H20N4O2/c14-13(16-19)12-11(6-2-7-15-12)17(8-3-9-18)10-4-1-5-10/h2,6-7,10,18-19H,1,3-5,8-9H2,(H2,14,16). The number of amidine groups is 1. The third kappa shape index (κ3) is 2.96. The Balaban J connectivity index is 2.29. The Morgan fingerprint density at radius 2 is 2.32 bits per heavy atom. The first-order valence-corrected chi connectivity index (χ1v) is 6.58. The number of aliphatic hydroxyl groups is 1. The molecule has 0 saturated heterocycles. The molecule has 6 heteroatoms. The fourth-order valence-electron chi connectivity index (χ4n) is 2.31. The minimum Gasteiger partial charge on any atom is -0.409 e. The van der Waals surface area contributed by atoms with Crippen LogP contribution >= 0.6 is 0 Å². The lowest BCUT2D eigenvalue weighted by Gasteiger charge is -2.39. The molecule has 1 saturated carbocycles. The van der Waals surface area contributed by atoms with Gasteiger partial charge in [0.25, 0.3) is 0 Å². The van der Waals surface area contributed by atoms with Crippen LogP contribution < -0.4 is 10.6 Å². The zero-order valence-electron chi connectivity index (χ0n) is 10.9. The highest BCUT2D eigenvalue weighted by atomic mass is 16.4. The predicted octanol–water partition coefficient (Wildman–Crippen LogP) is 0.917. The molecule has 0 spiro atoms. The molecule has 104 valence electrons. The van der Waals surface area contributed by atoms with Gasteiger partial charge in [-0.05, 0) is 37.8 Å². The van der Waals surface area contributed by atoms with Crippen LogP contribution in [0.1, 0.15) is 31.4 Å². The van der Waals surface area contributed by atoms with Crippen molar-refractivity contribution < 1.29 is 10.3 Å². The topological polar surface area (TPSA) is 95.0 Å². The van der Waals surface area contributed by atoms with Crippen LogP contribution in [-0.2, 0) is 0 Å². The van der Waals surface area contributed by atoms with Gasteiger partial charge in [0.15, 0.2) is 5.84 Å². The van der Waals surface area contributed by atoms with Crippen LogP contribution in [-0.4, -0.2) is 40.3 Å². The summed E-state index contributed by atoms with van der Waals surface area (Å²) in [6, 6.07) is 4.23. The molecule has 1 aliphatic rings. The Kier molecular flexibility index (Phi) is 4.57. The number of oxime groups is 1. The zero-order valence-corrected chi connectivity index (χ0v) is 10.9. The van der Waals surface area contributed by atoms with E-state index in [0.29, 0.717) is 18.2 Å². The maximum Gasteiger partial charge on any atom is 0.190 e. The lowest BCUT2D eigenvalue weighted by molar-refractivity contribution is 0.283. The lowest BCUT2D eigenvalue weighted by Crippen LogP contribution is -2.42. The van der Waals surface area contributed by atoms with Gasteiger partial charge >= 0.3 is 0 Å². The zero-order chi connectivity index (χ0) is 13.7. The van der Waals surface area contributed by atoms with Crippen molar-refractivity contribution in [2.24, 2.45) is 10.9 Å². The summed E-state index contributed by atoms with van der Waals surface area (Å²) in [6.45, 7) is 0.904. The van der Waals surface area contributed by atoms with E-state index in [1.807, 2.05) is 12.1 Å². The van der Waals surface area contributed by atoms with Crippen LogP contribution in [0.15, 0.2) is 23.5 Å². The van der Waals surface area contributed by atoms with Gasteiger partial charge in [0.1, 0.15) is 5.69 Å². The monoisotopic (exact) mass is 264 g/mol. The number of nitrogens with two attached hydrogens (primary N) is 1. The Morgan fingerprint density at radius 1 is 1.53 bits per heavy atom. The maximum atomic E-state index is 9.03. The minimum atomic E-state index is 0.0175. The van der Waals surface area contributed by atoms with E-state index in [2.05, 4.69) is 15.0 Å². The average Bonchev–Trinajstić information content (AvgIpc) is 2.40. The molecule has 19 heavy (non-hydrogen) atoms. The molecular weight excluding hydrogens is 244 g/mol. The summed E-state index contributed by atoms with van der Waals surface area (Å²) < 4.78 is 0. The molecule has 1 aromatic rings. The van der Waals surface area contributed by atoms with Crippen molar-refractivity contribution in [3.63, 3.8) is 0 Å². The van der Waals surface area contributed by atoms with Gasteiger partial charge < -0.3 is 20.9 Å². The number of hydrogen-bond acceptors (Lipinski definition) is 5. The number of aromatic nitrogens is 1. The molecule has 0 radical (unpaired) electrons. The largest absolute Gasteiger partial charge is 0.409 e. The third-order valence-corrected chi connectivity index (χ3v) is 3.52. The number of nitrogens with zero attached hydrogens (tertiary/aromatic N) is 3. The third-order valence-electron chi connectivity index (χ3n) is 3.52. The summed E-state index contributed by atoms with van der Waals surface area (Å²) in [4.78, 5) is 6.41. The van der Waals surface area contributed by atoms with Crippen LogP contribution in [0.2, 0.25) is 0 Å². The summed E-state index contributed by atoms with van der Waals surface area (Å²) >= 11 is 0. The molecule has 6 nitrogen and oxygen atoms in total. The highest BCUT2D eigenvalue weighted by molar-refractivity contribution is 6.00. The second kappa shape index (κ2) is 6.38. The van der Waals surface area contributed by atoms with Crippen LogP contribution in [0.5, 0.6) is 0 Å². The number of hydrogen-bond donors (Lipinski definition) is 3. The summed E-state index contributed by atoms with van der Waals surface area (Å²) in [5.74, 6) is 0.0175. The summed E-state index contributed by atoms with van der Waals surface area (Å²) in [5, 5.41) is 20.9. The SMILES string of the molecule is N/C(=N/O)c1ncccc1N(CCCO)C1CCC1. The van der Waals surface area contributed by atoms with Crippen LogP contribution in [0.25, 0.3) is 0 Å². The van der Waals surface area contributed by atoms with Gasteiger partial charge in [0.2, 0.25) is 0 Å². The minimum absolute atomic E-state index is 0.0175. The lowest BCUT2D eigenvalue weighted by atomic mass is 9.90. The number of anilines is 1. The van der Waals surface area contributed by atoms with E-state index in [-0.39, 0.29) is 12.4 Å². The first-order valence-electron chi connectivity index (χ1n) is 6.58. The molecule has 4 N–H and O–H groups in total. The molecule has 2 rings (SSSR count). The number of aliphatic hydroxyl groups excluding tert-OH is 1. The van der Waals surface area contributed by atoms with Gasteiger partial charge in [-0.1, -0.05) is 5.16 Å². The summed E-state index contributed by atoms with van der Waals surface area (Å²) in [5.41, 5.74) is 7.05. The Morgan fingerprint density at radius 3 is 2.89 bits per heavy atom. The van der Waals surface area contributed by atoms with Gasteiger partial charge in [-0.15, -0.1) is 0 Å². The van der Waals surface area contributed by atoms with Crippen molar-refractivity contribution >= 4 is 11.5 Å². The highest BCUT2D eigenvalue weighted by Crippen LogP contribution is 2.31. The van der Waals surface area contributed by atoms with Gasteiger partial charge in [-0.25, -0.2) is 0 Å². The van der Waals surface area contributed by atoms with Crippen molar-refractivity contribution in [2.75, 3.05) is 18.1 Å². The van der Waals surface area contributed by atoms with Crippen LogP contribution in [0, 0.1) is 0 Å². The molecule has 0 bridgehead atoms. The quantitative estimate of drug-likeness (QED) is 0.307. The van der Waals surface area contributed by atoms with E-state index in [9.17, 15) is 0 Å². The van der Waals surface area contributed by atoms with E-state index < -0.39 is 0 Å². The molecular formula is C13H20N4O2. The van der Waals surface area contributed by atoms with Crippen molar-refractivity contribution in [2.45, 2.75) is 31.7 Å². The molecule has 1 heterocycles. The van der Waals surface area contributed by atoms with E-state index in [0.717, 1.165) is 25.1 Å². The first kappa shape index (κ1) is 13.6. The molecule has 1 aromatic heterocycles. The predicted molar refractivity (Wildman–Crippen MR) is 73.4 cm³/mol. The number of rotatable bonds is 6. The van der Waals surface area contributed by atoms with Crippen molar-refractivity contribution in [1.29, 1.82) is 0 Å². The molecule has 0 aliphatic heterocycles. The van der Waals surface area contributed by atoms with E-state index in [1.165, 1.54) is 6.42 Å². The van der Waals surface area contributed by atoms with Crippen LogP contribution in [0.3, 0.4) is 0 Å². The summed E-state index contributed by atoms with van der Waals surface area (Å²) in [7, 11) is 0. The molecule has 0 amide bonds. The first-order chi connectivity index (χ1) is 9.27. The van der Waals surface area contributed by atoms with Gasteiger partial charge in [-0.2, -0.15) is 0 Å². The fourth-order valence-corrected chi connectivity index (χ4v) is 2.31. The van der Waals surface area contributed by atoms with Crippen molar-refractivity contribution in [3.05, 3.63) is 24.0 Å². The molecule has 1 fully saturated rings. The van der Waals surface area contributed by atoms with E-state index in [4.69, 9.17) is 16.0 Å². The maximum absolute atomic E-state index is 9.03. The van der Waals surface area contributed by atoms with E-state index >= 15 is 0 Å². The molecule has 0 aromatic carbocycles. The molecule has 1 aliphatic carbocycles. The number of pyridine rings is 1. The van der Waals surface area contributed by atoms with Gasteiger partial charge in [0.05, 0.1) is 5.69 Å². The molecule has 0 unspecified atom stereocenters. The highest BCUT2D eigenvalue weighted by Gasteiger charge is 2.27. The van der Waals surface area contributed by atoms with Crippen LogP contribution in [0.4, 0.5) is 5.69 Å². The second-order valence-corrected chi connectivity index (χ2v) is 4.71. The van der Waals surface area contributed by atoms with Gasteiger partial charge in [-0.3, -0.25) is 4.98 Å². The molecule has 0 atom stereocenters. The van der Waals surface area contributed by atoms with Gasteiger partial charge in [0, 0.05) is 25.4 Å². The normalized spacial score (nSPS) is 16.2. The fraction of sp³-hybridized carbons (Fsp3) is 0.538. The van der Waals surface area contributed by atoms with E-state index in [1.54, 1.807) is 6.20 Å². The average molecular weight is 264 g/mol.